The minimum absolute atomic E-state index is 0.179. The summed E-state index contributed by atoms with van der Waals surface area (Å²) in [5.74, 6) is 0. The number of hydrogen-bond donors (Lipinski definition) is 2. The Morgan fingerprint density at radius 2 is 2.06 bits per heavy atom. The Bertz CT molecular complexity index is 185. The van der Waals surface area contributed by atoms with Crippen LogP contribution in [-0.2, 0) is 9.47 Å². The Morgan fingerprint density at radius 3 is 2.71 bits per heavy atom. The number of aliphatic hydroxyl groups excluding tert-OH is 1. The average Bonchev–Trinajstić information content (AvgIpc) is 2.33. The van der Waals surface area contributed by atoms with Crippen molar-refractivity contribution in [1.82, 2.24) is 10.2 Å². The Labute approximate surface area is 104 Å². The van der Waals surface area contributed by atoms with Gasteiger partial charge in [-0.05, 0) is 13.8 Å². The van der Waals surface area contributed by atoms with E-state index in [1.165, 1.54) is 0 Å². The summed E-state index contributed by atoms with van der Waals surface area (Å²) in [4.78, 5) is 2.37. The SMILES string of the molecule is CC(C)OCC(O)CNCCN1CCOCC1. The second-order valence-corrected chi connectivity index (χ2v) is 4.69. The summed E-state index contributed by atoms with van der Waals surface area (Å²) in [5.41, 5.74) is 0. The van der Waals surface area contributed by atoms with Gasteiger partial charge >= 0.3 is 0 Å². The maximum Gasteiger partial charge on any atom is 0.0897 e. The van der Waals surface area contributed by atoms with Crippen LogP contribution < -0.4 is 5.32 Å². The van der Waals surface area contributed by atoms with E-state index in [0.29, 0.717) is 13.2 Å². The quantitative estimate of drug-likeness (QED) is 0.576. The van der Waals surface area contributed by atoms with E-state index in [0.717, 1.165) is 39.4 Å². The molecule has 0 aromatic heterocycles. The van der Waals surface area contributed by atoms with Gasteiger partial charge in [-0.3, -0.25) is 4.90 Å². The van der Waals surface area contributed by atoms with Gasteiger partial charge in [0, 0.05) is 32.7 Å². The lowest BCUT2D eigenvalue weighted by molar-refractivity contribution is 0.00559. The molecule has 1 unspecified atom stereocenters. The summed E-state index contributed by atoms with van der Waals surface area (Å²) in [6.07, 6.45) is -0.236. The molecule has 2 N–H and O–H groups in total. The summed E-state index contributed by atoms with van der Waals surface area (Å²) in [5, 5.41) is 12.9. The lowest BCUT2D eigenvalue weighted by atomic mass is 10.3. The van der Waals surface area contributed by atoms with Gasteiger partial charge in [-0.1, -0.05) is 0 Å². The predicted octanol–water partition coefficient (Wildman–Crippen LogP) is -0.306. The highest BCUT2D eigenvalue weighted by molar-refractivity contribution is 4.65. The molecule has 0 radical (unpaired) electrons. The van der Waals surface area contributed by atoms with Crippen LogP contribution in [0.25, 0.3) is 0 Å². The van der Waals surface area contributed by atoms with Crippen LogP contribution in [0.1, 0.15) is 13.8 Å². The highest BCUT2D eigenvalue weighted by Gasteiger charge is 2.10. The molecule has 1 heterocycles. The van der Waals surface area contributed by atoms with Crippen molar-refractivity contribution < 1.29 is 14.6 Å². The molecule has 17 heavy (non-hydrogen) atoms. The normalized spacial score (nSPS) is 19.8. The van der Waals surface area contributed by atoms with Gasteiger partial charge in [-0.25, -0.2) is 0 Å². The van der Waals surface area contributed by atoms with Crippen molar-refractivity contribution in [1.29, 1.82) is 0 Å². The molecule has 1 aliphatic heterocycles. The number of nitrogens with zero attached hydrogens (tertiary/aromatic N) is 1. The summed E-state index contributed by atoms with van der Waals surface area (Å²) < 4.78 is 10.6. The van der Waals surface area contributed by atoms with Crippen LogP contribution in [0, 0.1) is 0 Å². The molecule has 1 aliphatic rings. The molecular formula is C12H26N2O3. The van der Waals surface area contributed by atoms with Gasteiger partial charge < -0.3 is 19.9 Å². The zero-order valence-corrected chi connectivity index (χ0v) is 11.0. The standard InChI is InChI=1S/C12H26N2O3/c1-11(2)17-10-12(15)9-13-3-4-14-5-7-16-8-6-14/h11-13,15H,3-10H2,1-2H3. The Hall–Kier alpha value is -0.200. The Morgan fingerprint density at radius 1 is 1.35 bits per heavy atom. The summed E-state index contributed by atoms with van der Waals surface area (Å²) >= 11 is 0. The maximum absolute atomic E-state index is 9.61. The van der Waals surface area contributed by atoms with Crippen LogP contribution in [-0.4, -0.2) is 74.8 Å². The molecule has 0 spiro atoms. The third-order valence-corrected chi connectivity index (χ3v) is 2.71. The number of hydrogen-bond acceptors (Lipinski definition) is 5. The molecule has 0 bridgehead atoms. The molecule has 102 valence electrons. The summed E-state index contributed by atoms with van der Waals surface area (Å²) in [6, 6.07) is 0. The van der Waals surface area contributed by atoms with Crippen LogP contribution in [0.3, 0.4) is 0 Å². The third kappa shape index (κ3) is 7.68. The highest BCUT2D eigenvalue weighted by atomic mass is 16.5. The second-order valence-electron chi connectivity index (χ2n) is 4.69. The minimum Gasteiger partial charge on any atom is -0.389 e. The molecule has 0 amide bonds. The Balaban J connectivity index is 1.92. The van der Waals surface area contributed by atoms with Gasteiger partial charge in [-0.2, -0.15) is 0 Å². The fourth-order valence-electron chi connectivity index (χ4n) is 1.69. The summed E-state index contributed by atoms with van der Waals surface area (Å²) in [6.45, 7) is 10.6. The highest BCUT2D eigenvalue weighted by Crippen LogP contribution is 1.95. The first-order valence-corrected chi connectivity index (χ1v) is 6.49. The second kappa shape index (κ2) is 8.83. The number of morpholine rings is 1. The van der Waals surface area contributed by atoms with E-state index in [4.69, 9.17) is 9.47 Å². The molecule has 1 rings (SSSR count). The monoisotopic (exact) mass is 246 g/mol. The van der Waals surface area contributed by atoms with E-state index in [2.05, 4.69) is 10.2 Å². The molecule has 1 atom stereocenters. The number of ether oxygens (including phenoxy) is 2. The predicted molar refractivity (Wildman–Crippen MR) is 67.2 cm³/mol. The molecule has 5 heteroatoms. The van der Waals surface area contributed by atoms with Crippen molar-refractivity contribution in [3.63, 3.8) is 0 Å². The molecule has 0 aromatic carbocycles. The van der Waals surface area contributed by atoms with Crippen molar-refractivity contribution in [2.24, 2.45) is 0 Å². The number of aliphatic hydroxyl groups is 1. The van der Waals surface area contributed by atoms with Crippen LogP contribution >= 0.6 is 0 Å². The van der Waals surface area contributed by atoms with Crippen molar-refractivity contribution in [3.8, 4) is 0 Å². The largest absolute Gasteiger partial charge is 0.389 e. The molecule has 5 nitrogen and oxygen atoms in total. The zero-order chi connectivity index (χ0) is 12.5. The lowest BCUT2D eigenvalue weighted by Gasteiger charge is -2.26. The first kappa shape index (κ1) is 14.9. The molecular weight excluding hydrogens is 220 g/mol. The lowest BCUT2D eigenvalue weighted by Crippen LogP contribution is -2.41. The average molecular weight is 246 g/mol. The third-order valence-electron chi connectivity index (χ3n) is 2.71. The first-order valence-electron chi connectivity index (χ1n) is 6.49. The van der Waals surface area contributed by atoms with Gasteiger partial charge in [0.05, 0.1) is 32.0 Å². The molecule has 0 aromatic rings. The van der Waals surface area contributed by atoms with Crippen molar-refractivity contribution in [2.45, 2.75) is 26.1 Å². The van der Waals surface area contributed by atoms with Gasteiger partial charge in [0.25, 0.3) is 0 Å². The van der Waals surface area contributed by atoms with Crippen LogP contribution in [0.15, 0.2) is 0 Å². The van der Waals surface area contributed by atoms with Crippen molar-refractivity contribution in [2.75, 3.05) is 52.5 Å². The number of rotatable bonds is 8. The van der Waals surface area contributed by atoms with E-state index < -0.39 is 6.10 Å². The van der Waals surface area contributed by atoms with E-state index in [9.17, 15) is 5.11 Å². The fraction of sp³-hybridized carbons (Fsp3) is 1.00. The molecule has 0 aliphatic carbocycles. The Kier molecular flexibility index (Phi) is 7.72. The summed E-state index contributed by atoms with van der Waals surface area (Å²) in [7, 11) is 0. The van der Waals surface area contributed by atoms with Crippen molar-refractivity contribution in [3.05, 3.63) is 0 Å². The van der Waals surface area contributed by atoms with Gasteiger partial charge in [0.15, 0.2) is 0 Å². The van der Waals surface area contributed by atoms with Crippen molar-refractivity contribution >= 4 is 0 Å². The van der Waals surface area contributed by atoms with Crippen LogP contribution in [0.4, 0.5) is 0 Å². The fourth-order valence-corrected chi connectivity index (χ4v) is 1.69. The van der Waals surface area contributed by atoms with Crippen LogP contribution in [0.2, 0.25) is 0 Å². The maximum atomic E-state index is 9.61. The van der Waals surface area contributed by atoms with Gasteiger partial charge in [-0.15, -0.1) is 0 Å². The van der Waals surface area contributed by atoms with Gasteiger partial charge in [0.2, 0.25) is 0 Å². The first-order chi connectivity index (χ1) is 8.18. The van der Waals surface area contributed by atoms with E-state index in [1.807, 2.05) is 13.8 Å². The number of nitrogens with one attached hydrogen (secondary N) is 1. The minimum atomic E-state index is -0.415. The molecule has 1 saturated heterocycles. The van der Waals surface area contributed by atoms with E-state index in [-0.39, 0.29) is 6.10 Å². The van der Waals surface area contributed by atoms with E-state index in [1.54, 1.807) is 0 Å². The van der Waals surface area contributed by atoms with Gasteiger partial charge in [0.1, 0.15) is 0 Å². The smallest absolute Gasteiger partial charge is 0.0897 e. The van der Waals surface area contributed by atoms with E-state index >= 15 is 0 Å². The zero-order valence-electron chi connectivity index (χ0n) is 11.0. The van der Waals surface area contributed by atoms with Crippen LogP contribution in [0.5, 0.6) is 0 Å². The topological polar surface area (TPSA) is 54.0 Å². The molecule has 1 fully saturated rings. The molecule has 0 saturated carbocycles.